The molecule has 0 aromatic rings. The first kappa shape index (κ1) is 22.6. The normalized spacial score (nSPS) is 52.0. The number of ether oxygens (including phenoxy) is 1. The Bertz CT molecular complexity index is 890. The third-order valence-corrected chi connectivity index (χ3v) is 11.7. The summed E-state index contributed by atoms with van der Waals surface area (Å²) < 4.78 is 5.15. The average molecular weight is 445 g/mol. The summed E-state index contributed by atoms with van der Waals surface area (Å²) in [6.07, 6.45) is 9.65. The second-order valence-electron chi connectivity index (χ2n) is 13.0. The van der Waals surface area contributed by atoms with Crippen LogP contribution in [0.2, 0.25) is 0 Å². The molecule has 0 radical (unpaired) electrons. The van der Waals surface area contributed by atoms with Crippen LogP contribution >= 0.6 is 0 Å². The maximum absolute atomic E-state index is 12.8. The monoisotopic (exact) mass is 444 g/mol. The van der Waals surface area contributed by atoms with E-state index in [2.05, 4.69) is 34.6 Å². The molecule has 5 nitrogen and oxygen atoms in total. The quantitative estimate of drug-likeness (QED) is 0.617. The summed E-state index contributed by atoms with van der Waals surface area (Å²) in [5, 5.41) is 19.9. The standard InChI is InChI=1S/C27H40O5/c1-23(2)20-7-6-19-18(24(20,3)11-10-21(23)29)9-13-25(4)17(8-12-26(19,25)5)16-14-27(31,15-28)32-22(16)30/h14,17-20,28,31H,6-13,15H2,1-5H3/t17-,18+,19?,20+,24-,25-,26-,27?/m0/s1. The van der Waals surface area contributed by atoms with Crippen molar-refractivity contribution >= 4 is 11.8 Å². The van der Waals surface area contributed by atoms with E-state index in [9.17, 15) is 19.8 Å². The molecule has 5 heteroatoms. The second-order valence-corrected chi connectivity index (χ2v) is 13.0. The molecule has 1 aliphatic heterocycles. The van der Waals surface area contributed by atoms with Crippen LogP contribution in [-0.2, 0) is 14.3 Å². The van der Waals surface area contributed by atoms with Crippen molar-refractivity contribution in [1.29, 1.82) is 0 Å². The molecule has 0 aromatic heterocycles. The molecule has 0 spiro atoms. The van der Waals surface area contributed by atoms with Crippen molar-refractivity contribution in [1.82, 2.24) is 0 Å². The predicted molar refractivity (Wildman–Crippen MR) is 120 cm³/mol. The Balaban J connectivity index is 1.49. The highest BCUT2D eigenvalue weighted by Crippen LogP contribution is 2.74. The van der Waals surface area contributed by atoms with Crippen molar-refractivity contribution in [2.75, 3.05) is 6.61 Å². The molecular weight excluding hydrogens is 404 g/mol. The Hall–Kier alpha value is -1.20. The van der Waals surface area contributed by atoms with Crippen LogP contribution in [0.5, 0.6) is 0 Å². The molecule has 8 atom stereocenters. The first-order valence-corrected chi connectivity index (χ1v) is 12.6. The fourth-order valence-electron chi connectivity index (χ4n) is 9.67. The summed E-state index contributed by atoms with van der Waals surface area (Å²) in [5.74, 6) is -0.191. The molecular formula is C27H40O5. The first-order chi connectivity index (χ1) is 14.8. The molecule has 0 saturated heterocycles. The number of aliphatic hydroxyl groups excluding tert-OH is 1. The molecule has 2 unspecified atom stereocenters. The van der Waals surface area contributed by atoms with Gasteiger partial charge in [-0.3, -0.25) is 4.79 Å². The van der Waals surface area contributed by atoms with Gasteiger partial charge >= 0.3 is 5.97 Å². The molecule has 0 aromatic carbocycles. The number of carbonyl (C=O) groups excluding carboxylic acids is 2. The van der Waals surface area contributed by atoms with E-state index >= 15 is 0 Å². The average Bonchev–Trinajstić information content (AvgIpc) is 3.18. The highest BCUT2D eigenvalue weighted by Gasteiger charge is 2.68. The van der Waals surface area contributed by atoms with Gasteiger partial charge in [0.25, 0.3) is 5.79 Å². The number of hydrogen-bond acceptors (Lipinski definition) is 5. The zero-order chi connectivity index (χ0) is 23.3. The van der Waals surface area contributed by atoms with E-state index in [1.54, 1.807) is 0 Å². The Morgan fingerprint density at radius 3 is 2.28 bits per heavy atom. The predicted octanol–water partition coefficient (Wildman–Crippen LogP) is 4.40. The van der Waals surface area contributed by atoms with Crippen molar-refractivity contribution in [3.63, 3.8) is 0 Å². The smallest absolute Gasteiger partial charge is 0.337 e. The third-order valence-electron chi connectivity index (χ3n) is 11.7. The van der Waals surface area contributed by atoms with Gasteiger partial charge in [0, 0.05) is 17.4 Å². The van der Waals surface area contributed by atoms with Gasteiger partial charge in [0.15, 0.2) is 0 Å². The zero-order valence-corrected chi connectivity index (χ0v) is 20.4. The number of fused-ring (bicyclic) bond motifs is 5. The highest BCUT2D eigenvalue weighted by atomic mass is 16.7. The van der Waals surface area contributed by atoms with Crippen molar-refractivity contribution < 1.29 is 24.5 Å². The maximum atomic E-state index is 12.8. The van der Waals surface area contributed by atoms with Gasteiger partial charge in [-0.1, -0.05) is 34.6 Å². The number of ketones is 1. The van der Waals surface area contributed by atoms with Gasteiger partial charge in [0.1, 0.15) is 12.4 Å². The lowest BCUT2D eigenvalue weighted by atomic mass is 9.38. The second kappa shape index (κ2) is 6.69. The van der Waals surface area contributed by atoms with E-state index in [-0.39, 0.29) is 27.6 Å². The Morgan fingerprint density at radius 2 is 1.62 bits per heavy atom. The van der Waals surface area contributed by atoms with Crippen molar-refractivity contribution in [2.24, 2.45) is 45.3 Å². The van der Waals surface area contributed by atoms with E-state index in [4.69, 9.17) is 4.74 Å². The van der Waals surface area contributed by atoms with Gasteiger partial charge in [0.2, 0.25) is 0 Å². The summed E-state index contributed by atoms with van der Waals surface area (Å²) in [5.41, 5.74) is 0.608. The summed E-state index contributed by atoms with van der Waals surface area (Å²) in [6.45, 7) is 11.0. The van der Waals surface area contributed by atoms with Gasteiger partial charge in [-0.25, -0.2) is 4.79 Å². The third kappa shape index (κ3) is 2.64. The van der Waals surface area contributed by atoms with Crippen LogP contribution in [0.25, 0.3) is 0 Å². The molecule has 4 fully saturated rings. The van der Waals surface area contributed by atoms with E-state index in [1.165, 1.54) is 6.08 Å². The molecule has 0 amide bonds. The molecule has 2 N–H and O–H groups in total. The van der Waals surface area contributed by atoms with E-state index in [0.717, 1.165) is 44.9 Å². The van der Waals surface area contributed by atoms with Gasteiger partial charge in [-0.05, 0) is 90.9 Å². The summed E-state index contributed by atoms with van der Waals surface area (Å²) >= 11 is 0. The van der Waals surface area contributed by atoms with Crippen molar-refractivity contribution in [2.45, 2.75) is 91.8 Å². The Labute approximate surface area is 192 Å². The maximum Gasteiger partial charge on any atom is 0.337 e. The number of rotatable bonds is 2. The number of carbonyl (C=O) groups is 2. The molecule has 0 bridgehead atoms. The summed E-state index contributed by atoms with van der Waals surface area (Å²) in [6, 6.07) is 0. The first-order valence-electron chi connectivity index (χ1n) is 12.6. The minimum atomic E-state index is -1.87. The Kier molecular flexibility index (Phi) is 4.72. The van der Waals surface area contributed by atoms with Crippen LogP contribution in [0.3, 0.4) is 0 Å². The summed E-state index contributed by atoms with van der Waals surface area (Å²) in [4.78, 5) is 25.5. The number of Topliss-reactive ketones (excluding diaryl/α,β-unsaturated/α-hetero) is 1. The molecule has 4 saturated carbocycles. The van der Waals surface area contributed by atoms with Crippen LogP contribution in [0.1, 0.15) is 86.0 Å². The number of cyclic esters (lactones) is 1. The van der Waals surface area contributed by atoms with Gasteiger partial charge < -0.3 is 14.9 Å². The molecule has 178 valence electrons. The zero-order valence-electron chi connectivity index (χ0n) is 20.4. The van der Waals surface area contributed by atoms with Gasteiger partial charge in [0.05, 0.1) is 0 Å². The van der Waals surface area contributed by atoms with Crippen LogP contribution in [0.15, 0.2) is 11.6 Å². The molecule has 5 aliphatic rings. The van der Waals surface area contributed by atoms with E-state index in [0.29, 0.717) is 35.5 Å². The minimum absolute atomic E-state index is 0.0388. The lowest BCUT2D eigenvalue weighted by Crippen LogP contribution is -2.60. The SMILES string of the molecule is CC1(C)C(=O)CC[C@@]2(C)[C@@H]3CC[C@@]4(C)[C@H](C5=CC(O)(CO)OC5=O)CC[C@@]4(C)C3CC[C@H]12. The number of esters is 1. The van der Waals surface area contributed by atoms with Crippen LogP contribution in [0, 0.1) is 45.3 Å². The van der Waals surface area contributed by atoms with E-state index < -0.39 is 18.4 Å². The molecule has 5 rings (SSSR count). The number of aliphatic hydroxyl groups is 2. The van der Waals surface area contributed by atoms with Crippen LogP contribution in [-0.4, -0.2) is 34.4 Å². The molecule has 1 heterocycles. The minimum Gasteiger partial charge on any atom is -0.423 e. The largest absolute Gasteiger partial charge is 0.423 e. The number of hydrogen-bond donors (Lipinski definition) is 2. The van der Waals surface area contributed by atoms with Crippen LogP contribution in [0.4, 0.5) is 0 Å². The van der Waals surface area contributed by atoms with Crippen LogP contribution < -0.4 is 0 Å². The Morgan fingerprint density at radius 1 is 0.938 bits per heavy atom. The van der Waals surface area contributed by atoms with Crippen molar-refractivity contribution in [3.8, 4) is 0 Å². The lowest BCUT2D eigenvalue weighted by molar-refractivity contribution is -0.190. The van der Waals surface area contributed by atoms with E-state index in [1.807, 2.05) is 0 Å². The fourth-order valence-corrected chi connectivity index (χ4v) is 9.67. The van der Waals surface area contributed by atoms with Gasteiger partial charge in [-0.2, -0.15) is 0 Å². The van der Waals surface area contributed by atoms with Crippen molar-refractivity contribution in [3.05, 3.63) is 11.6 Å². The molecule has 4 aliphatic carbocycles. The topological polar surface area (TPSA) is 83.8 Å². The highest BCUT2D eigenvalue weighted by molar-refractivity contribution is 5.92. The summed E-state index contributed by atoms with van der Waals surface area (Å²) in [7, 11) is 0. The lowest BCUT2D eigenvalue weighted by Gasteiger charge is -2.66. The molecule has 32 heavy (non-hydrogen) atoms. The fraction of sp³-hybridized carbons (Fsp3) is 0.852. The van der Waals surface area contributed by atoms with Gasteiger partial charge in [-0.15, -0.1) is 0 Å².